The van der Waals surface area contributed by atoms with Gasteiger partial charge in [0.1, 0.15) is 17.9 Å². The fourth-order valence-electron chi connectivity index (χ4n) is 5.33. The van der Waals surface area contributed by atoms with E-state index in [9.17, 15) is 19.5 Å². The molecule has 0 aliphatic heterocycles. The van der Waals surface area contributed by atoms with Crippen LogP contribution < -0.4 is 10.1 Å². The van der Waals surface area contributed by atoms with Crippen LogP contribution in [0.15, 0.2) is 97.1 Å². The molecule has 0 radical (unpaired) electrons. The first-order valence-electron chi connectivity index (χ1n) is 14.8. The van der Waals surface area contributed by atoms with Gasteiger partial charge in [0.15, 0.2) is 0 Å². The summed E-state index contributed by atoms with van der Waals surface area (Å²) in [5, 5.41) is 15.5. The Labute approximate surface area is 258 Å². The van der Waals surface area contributed by atoms with Gasteiger partial charge < -0.3 is 24.8 Å². The van der Waals surface area contributed by atoms with Gasteiger partial charge in [0.25, 0.3) is 0 Å². The molecule has 0 aromatic heterocycles. The van der Waals surface area contributed by atoms with Gasteiger partial charge in [0, 0.05) is 31.5 Å². The van der Waals surface area contributed by atoms with E-state index in [1.807, 2.05) is 111 Å². The Hall–Kier alpha value is -4.85. The molecule has 4 rings (SSSR count). The predicted octanol–water partition coefficient (Wildman–Crippen LogP) is 6.26. The van der Waals surface area contributed by atoms with Crippen molar-refractivity contribution in [1.29, 1.82) is 0 Å². The average molecular weight is 597 g/mol. The standard InChI is InChI=1S/C36H40N2O6/c1-26(2)24-38(21-20-33(39)44-25-28-14-8-5-9-15-28)35(42)37-36(34(40)41,22-27-12-6-4-7-13-27)23-31-30-17-11-10-16-29(30)18-19-32(31)43-3/h4-19,26H,20-25H2,1-3H3,(H,37,42)(H,40,41)/t36-/m0/s1. The number of urea groups is 1. The van der Waals surface area contributed by atoms with Crippen LogP contribution in [0.2, 0.25) is 0 Å². The molecule has 0 aliphatic rings. The summed E-state index contributed by atoms with van der Waals surface area (Å²) in [4.78, 5) is 41.4. The van der Waals surface area contributed by atoms with E-state index in [0.29, 0.717) is 17.9 Å². The van der Waals surface area contributed by atoms with Crippen LogP contribution in [0, 0.1) is 5.92 Å². The Morgan fingerprint density at radius 1 is 0.841 bits per heavy atom. The number of fused-ring (bicyclic) bond motifs is 1. The Bertz CT molecular complexity index is 1560. The molecule has 4 aromatic rings. The molecule has 0 unspecified atom stereocenters. The van der Waals surface area contributed by atoms with E-state index in [-0.39, 0.29) is 38.3 Å². The zero-order valence-electron chi connectivity index (χ0n) is 25.5. The Morgan fingerprint density at radius 3 is 2.11 bits per heavy atom. The molecule has 1 atom stereocenters. The number of hydrogen-bond acceptors (Lipinski definition) is 5. The molecule has 0 fully saturated rings. The Morgan fingerprint density at radius 2 is 1.48 bits per heavy atom. The van der Waals surface area contributed by atoms with Gasteiger partial charge in [0.2, 0.25) is 0 Å². The first-order valence-corrected chi connectivity index (χ1v) is 14.8. The normalized spacial score (nSPS) is 12.4. The second-order valence-electron chi connectivity index (χ2n) is 11.4. The highest BCUT2D eigenvalue weighted by atomic mass is 16.5. The van der Waals surface area contributed by atoms with E-state index in [1.165, 1.54) is 4.90 Å². The number of amides is 2. The van der Waals surface area contributed by atoms with Crippen LogP contribution in [-0.2, 0) is 33.8 Å². The fourth-order valence-corrected chi connectivity index (χ4v) is 5.33. The summed E-state index contributed by atoms with van der Waals surface area (Å²) >= 11 is 0. The second kappa shape index (κ2) is 15.0. The summed E-state index contributed by atoms with van der Waals surface area (Å²) in [6, 6.07) is 29.5. The van der Waals surface area contributed by atoms with Crippen LogP contribution in [0.5, 0.6) is 5.75 Å². The predicted molar refractivity (Wildman–Crippen MR) is 171 cm³/mol. The summed E-state index contributed by atoms with van der Waals surface area (Å²) in [6.07, 6.45) is -0.0130. The van der Waals surface area contributed by atoms with Gasteiger partial charge in [-0.1, -0.05) is 105 Å². The lowest BCUT2D eigenvalue weighted by Crippen LogP contribution is -2.61. The number of carbonyl (C=O) groups is 3. The molecule has 0 aliphatic carbocycles. The first kappa shape index (κ1) is 32.1. The largest absolute Gasteiger partial charge is 0.496 e. The highest BCUT2D eigenvalue weighted by molar-refractivity contribution is 5.91. The zero-order chi connectivity index (χ0) is 31.5. The van der Waals surface area contributed by atoms with Gasteiger partial charge in [-0.2, -0.15) is 0 Å². The molecule has 0 saturated carbocycles. The molecular formula is C36H40N2O6. The van der Waals surface area contributed by atoms with Crippen molar-refractivity contribution in [2.24, 2.45) is 5.92 Å². The average Bonchev–Trinajstić information content (AvgIpc) is 3.02. The monoisotopic (exact) mass is 596 g/mol. The molecule has 8 nitrogen and oxygen atoms in total. The van der Waals surface area contributed by atoms with E-state index in [4.69, 9.17) is 9.47 Å². The lowest BCUT2D eigenvalue weighted by molar-refractivity contribution is -0.146. The number of carbonyl (C=O) groups excluding carboxylic acids is 2. The highest BCUT2D eigenvalue weighted by Crippen LogP contribution is 2.33. The molecule has 8 heteroatoms. The van der Waals surface area contributed by atoms with Gasteiger partial charge in [-0.25, -0.2) is 9.59 Å². The molecule has 0 spiro atoms. The lowest BCUT2D eigenvalue weighted by Gasteiger charge is -2.35. The third-order valence-electron chi connectivity index (χ3n) is 7.50. The molecule has 2 amide bonds. The van der Waals surface area contributed by atoms with Gasteiger partial charge in [-0.05, 0) is 33.9 Å². The zero-order valence-corrected chi connectivity index (χ0v) is 25.5. The van der Waals surface area contributed by atoms with Crippen molar-refractivity contribution in [3.63, 3.8) is 0 Å². The summed E-state index contributed by atoms with van der Waals surface area (Å²) in [6.45, 7) is 4.47. The quantitative estimate of drug-likeness (QED) is 0.167. The van der Waals surface area contributed by atoms with Crippen LogP contribution in [0.3, 0.4) is 0 Å². The first-order chi connectivity index (χ1) is 21.2. The number of ether oxygens (including phenoxy) is 2. The fraction of sp³-hybridized carbons (Fsp3) is 0.306. The summed E-state index contributed by atoms with van der Waals surface area (Å²) in [5.74, 6) is -0.995. The van der Waals surface area contributed by atoms with Crippen molar-refractivity contribution in [2.75, 3.05) is 20.2 Å². The van der Waals surface area contributed by atoms with E-state index >= 15 is 0 Å². The van der Waals surface area contributed by atoms with E-state index in [2.05, 4.69) is 5.32 Å². The highest BCUT2D eigenvalue weighted by Gasteiger charge is 2.42. The lowest BCUT2D eigenvalue weighted by atomic mass is 9.82. The van der Waals surface area contributed by atoms with E-state index in [1.54, 1.807) is 7.11 Å². The maximum Gasteiger partial charge on any atom is 0.330 e. The van der Waals surface area contributed by atoms with Gasteiger partial charge in [-0.15, -0.1) is 0 Å². The summed E-state index contributed by atoms with van der Waals surface area (Å²) < 4.78 is 11.1. The molecular weight excluding hydrogens is 556 g/mol. The third kappa shape index (κ3) is 8.37. The van der Waals surface area contributed by atoms with Crippen LogP contribution >= 0.6 is 0 Å². The van der Waals surface area contributed by atoms with Crippen molar-refractivity contribution in [2.45, 2.75) is 45.3 Å². The van der Waals surface area contributed by atoms with Crippen LogP contribution in [0.25, 0.3) is 10.8 Å². The van der Waals surface area contributed by atoms with Crippen molar-refractivity contribution >= 4 is 28.7 Å². The van der Waals surface area contributed by atoms with Gasteiger partial charge >= 0.3 is 18.0 Å². The second-order valence-corrected chi connectivity index (χ2v) is 11.4. The molecule has 2 N–H and O–H groups in total. The molecule has 0 saturated heterocycles. The SMILES string of the molecule is COc1ccc2ccccc2c1C[C@](Cc1ccccc1)(NC(=O)N(CCC(=O)OCc1ccccc1)CC(C)C)C(=O)O. The number of carboxylic acid groups (broad SMARTS) is 1. The van der Waals surface area contributed by atoms with Crippen molar-refractivity contribution in [3.8, 4) is 5.75 Å². The maximum atomic E-state index is 14.0. The minimum absolute atomic E-state index is 0.0249. The minimum atomic E-state index is -1.72. The van der Waals surface area contributed by atoms with Gasteiger partial charge in [0.05, 0.1) is 13.5 Å². The van der Waals surface area contributed by atoms with E-state index in [0.717, 1.165) is 21.9 Å². The van der Waals surface area contributed by atoms with Gasteiger partial charge in [-0.3, -0.25) is 4.79 Å². The smallest absolute Gasteiger partial charge is 0.330 e. The van der Waals surface area contributed by atoms with Crippen LogP contribution in [-0.4, -0.2) is 53.7 Å². The number of methoxy groups -OCH3 is 1. The summed E-state index contributed by atoms with van der Waals surface area (Å²) in [7, 11) is 1.55. The topological polar surface area (TPSA) is 105 Å². The minimum Gasteiger partial charge on any atom is -0.496 e. The number of rotatable bonds is 14. The summed E-state index contributed by atoms with van der Waals surface area (Å²) in [5.41, 5.74) is 0.589. The number of hydrogen-bond donors (Lipinski definition) is 2. The van der Waals surface area contributed by atoms with Crippen LogP contribution in [0.1, 0.15) is 37.0 Å². The number of benzene rings is 4. The number of nitrogens with one attached hydrogen (secondary N) is 1. The number of carboxylic acids is 1. The molecule has 44 heavy (non-hydrogen) atoms. The Kier molecular flexibility index (Phi) is 11.0. The third-order valence-corrected chi connectivity index (χ3v) is 7.50. The number of nitrogens with zero attached hydrogens (tertiary/aromatic N) is 1. The van der Waals surface area contributed by atoms with Crippen molar-refractivity contribution in [3.05, 3.63) is 114 Å². The number of aliphatic carboxylic acids is 1. The number of esters is 1. The molecule has 0 heterocycles. The van der Waals surface area contributed by atoms with Crippen LogP contribution in [0.4, 0.5) is 4.79 Å². The van der Waals surface area contributed by atoms with Crippen molar-refractivity contribution in [1.82, 2.24) is 10.2 Å². The maximum absolute atomic E-state index is 14.0. The molecule has 4 aromatic carbocycles. The molecule has 0 bridgehead atoms. The van der Waals surface area contributed by atoms with Crippen molar-refractivity contribution < 1.29 is 29.0 Å². The Balaban J connectivity index is 1.63. The van der Waals surface area contributed by atoms with E-state index < -0.39 is 23.5 Å². The molecule has 230 valence electrons.